The number of thiophene rings is 1. The molecule has 2 aromatic heterocycles. The van der Waals surface area contributed by atoms with Crippen LogP contribution in [-0.2, 0) is 0 Å². The zero-order valence-electron chi connectivity index (χ0n) is 15.1. The number of hydrogen-bond donors (Lipinski definition) is 1. The van der Waals surface area contributed by atoms with Gasteiger partial charge in [-0.15, -0.1) is 11.3 Å². The Morgan fingerprint density at radius 3 is 2.67 bits per heavy atom. The summed E-state index contributed by atoms with van der Waals surface area (Å²) in [5, 5.41) is 8.31. The van der Waals surface area contributed by atoms with Crippen LogP contribution in [0.3, 0.4) is 0 Å². The molecule has 0 spiro atoms. The van der Waals surface area contributed by atoms with Gasteiger partial charge in [-0.2, -0.15) is 5.10 Å². The summed E-state index contributed by atoms with van der Waals surface area (Å²) >= 11 is 7.53. The van der Waals surface area contributed by atoms with E-state index in [1.54, 1.807) is 11.3 Å². The summed E-state index contributed by atoms with van der Waals surface area (Å²) in [5.41, 5.74) is 2.02. The summed E-state index contributed by atoms with van der Waals surface area (Å²) in [4.78, 5) is 18.9. The summed E-state index contributed by atoms with van der Waals surface area (Å²) in [7, 11) is 0. The maximum absolute atomic E-state index is 12.7. The second kappa shape index (κ2) is 7.74. The molecule has 3 heterocycles. The van der Waals surface area contributed by atoms with E-state index in [2.05, 4.69) is 21.2 Å². The van der Waals surface area contributed by atoms with E-state index in [1.807, 2.05) is 48.2 Å². The lowest BCUT2D eigenvalue weighted by Gasteiger charge is -2.21. The summed E-state index contributed by atoms with van der Waals surface area (Å²) in [6.07, 6.45) is 0.930. The van der Waals surface area contributed by atoms with E-state index >= 15 is 0 Å². The first-order valence-electron chi connectivity index (χ1n) is 9.02. The molecular formula is C20H21ClN4OS. The fraction of sp³-hybridized carbons (Fsp3) is 0.300. The van der Waals surface area contributed by atoms with Gasteiger partial charge >= 0.3 is 0 Å². The number of anilines is 1. The van der Waals surface area contributed by atoms with Gasteiger partial charge in [0.25, 0.3) is 5.91 Å². The number of carbonyl (C=O) groups excluding carboxylic acids is 1. The molecule has 1 aliphatic heterocycles. The van der Waals surface area contributed by atoms with Gasteiger partial charge in [0.15, 0.2) is 5.82 Å². The standard InChI is InChI=1S/C20H21ClN4OS/c1-14-3-8-18(27-14)20(26)25-10-2-9-24(11-12-25)19-13-17(22-23-19)15-4-6-16(21)7-5-15/h3-8,13H,2,9-12H2,1H3,(H,22,23). The predicted octanol–water partition coefficient (Wildman–Crippen LogP) is 4.45. The summed E-state index contributed by atoms with van der Waals surface area (Å²) in [6, 6.07) is 13.7. The molecule has 3 aromatic rings. The third-order valence-electron chi connectivity index (χ3n) is 4.78. The van der Waals surface area contributed by atoms with E-state index in [0.717, 1.165) is 53.0 Å². The van der Waals surface area contributed by atoms with Crippen LogP contribution in [0.5, 0.6) is 0 Å². The molecule has 1 amide bonds. The van der Waals surface area contributed by atoms with Crippen molar-refractivity contribution in [3.8, 4) is 11.3 Å². The van der Waals surface area contributed by atoms with Crippen molar-refractivity contribution in [3.63, 3.8) is 0 Å². The van der Waals surface area contributed by atoms with Crippen LogP contribution in [0.25, 0.3) is 11.3 Å². The van der Waals surface area contributed by atoms with Crippen LogP contribution in [0, 0.1) is 6.92 Å². The van der Waals surface area contributed by atoms with Crippen LogP contribution < -0.4 is 4.90 Å². The Balaban J connectivity index is 1.44. The number of aromatic nitrogens is 2. The van der Waals surface area contributed by atoms with Crippen molar-refractivity contribution in [3.05, 3.63) is 57.2 Å². The fourth-order valence-corrected chi connectivity index (χ4v) is 4.27. The van der Waals surface area contributed by atoms with Crippen molar-refractivity contribution in [2.75, 3.05) is 31.1 Å². The van der Waals surface area contributed by atoms with E-state index in [0.29, 0.717) is 6.54 Å². The number of hydrogen-bond acceptors (Lipinski definition) is 4. The Hall–Kier alpha value is -2.31. The molecule has 27 heavy (non-hydrogen) atoms. The molecule has 1 aromatic carbocycles. The summed E-state index contributed by atoms with van der Waals surface area (Å²) in [6.45, 7) is 5.18. The Bertz CT molecular complexity index is 934. The van der Waals surface area contributed by atoms with Gasteiger partial charge in [-0.05, 0) is 43.2 Å². The number of carbonyl (C=O) groups is 1. The summed E-state index contributed by atoms with van der Waals surface area (Å²) in [5.74, 6) is 1.06. The number of amides is 1. The zero-order valence-corrected chi connectivity index (χ0v) is 16.7. The highest BCUT2D eigenvalue weighted by atomic mass is 35.5. The third kappa shape index (κ3) is 4.01. The number of halogens is 1. The minimum atomic E-state index is 0.138. The van der Waals surface area contributed by atoms with E-state index < -0.39 is 0 Å². The van der Waals surface area contributed by atoms with Gasteiger partial charge in [0.05, 0.1) is 10.6 Å². The Morgan fingerprint density at radius 2 is 1.93 bits per heavy atom. The first kappa shape index (κ1) is 18.1. The number of benzene rings is 1. The average molecular weight is 401 g/mol. The van der Waals surface area contributed by atoms with E-state index in [-0.39, 0.29) is 5.91 Å². The number of rotatable bonds is 3. The number of nitrogens with zero attached hydrogens (tertiary/aromatic N) is 3. The average Bonchev–Trinajstić information content (AvgIpc) is 3.25. The van der Waals surface area contributed by atoms with Crippen molar-refractivity contribution in [1.29, 1.82) is 0 Å². The number of aromatic amines is 1. The predicted molar refractivity (Wildman–Crippen MR) is 111 cm³/mol. The maximum atomic E-state index is 12.7. The number of aryl methyl sites for hydroxylation is 1. The van der Waals surface area contributed by atoms with Gasteiger partial charge in [-0.3, -0.25) is 9.89 Å². The van der Waals surface area contributed by atoms with E-state index in [1.165, 1.54) is 4.88 Å². The molecule has 0 atom stereocenters. The molecule has 1 N–H and O–H groups in total. The van der Waals surface area contributed by atoms with Gasteiger partial charge in [0, 0.05) is 42.1 Å². The van der Waals surface area contributed by atoms with E-state index in [4.69, 9.17) is 11.6 Å². The lowest BCUT2D eigenvalue weighted by Crippen LogP contribution is -2.34. The van der Waals surface area contributed by atoms with Crippen LogP contribution >= 0.6 is 22.9 Å². The molecule has 1 fully saturated rings. The van der Waals surface area contributed by atoms with Crippen LogP contribution in [0.4, 0.5) is 5.82 Å². The van der Waals surface area contributed by atoms with E-state index in [9.17, 15) is 4.79 Å². The second-order valence-electron chi connectivity index (χ2n) is 6.69. The highest BCUT2D eigenvalue weighted by Gasteiger charge is 2.22. The molecule has 5 nitrogen and oxygen atoms in total. The first-order valence-corrected chi connectivity index (χ1v) is 10.2. The van der Waals surface area contributed by atoms with Crippen LogP contribution in [0.15, 0.2) is 42.5 Å². The molecule has 0 unspecified atom stereocenters. The number of H-pyrrole nitrogens is 1. The Kier molecular flexibility index (Phi) is 5.18. The Morgan fingerprint density at radius 1 is 1.11 bits per heavy atom. The quantitative estimate of drug-likeness (QED) is 0.706. The molecule has 4 rings (SSSR count). The van der Waals surface area contributed by atoms with Crippen molar-refractivity contribution < 1.29 is 4.79 Å². The molecule has 1 aliphatic rings. The largest absolute Gasteiger partial charge is 0.353 e. The minimum Gasteiger partial charge on any atom is -0.353 e. The fourth-order valence-electron chi connectivity index (χ4n) is 3.31. The topological polar surface area (TPSA) is 52.2 Å². The molecule has 7 heteroatoms. The highest BCUT2D eigenvalue weighted by Crippen LogP contribution is 2.24. The maximum Gasteiger partial charge on any atom is 0.263 e. The molecule has 0 radical (unpaired) electrons. The normalized spacial score (nSPS) is 15.0. The molecule has 1 saturated heterocycles. The summed E-state index contributed by atoms with van der Waals surface area (Å²) < 4.78 is 0. The third-order valence-corrected chi connectivity index (χ3v) is 6.02. The van der Waals surface area contributed by atoms with Gasteiger partial charge in [-0.25, -0.2) is 0 Å². The minimum absolute atomic E-state index is 0.138. The van der Waals surface area contributed by atoms with Gasteiger partial charge < -0.3 is 9.80 Å². The van der Waals surface area contributed by atoms with Gasteiger partial charge in [-0.1, -0.05) is 23.7 Å². The molecular weight excluding hydrogens is 380 g/mol. The van der Waals surface area contributed by atoms with Crippen molar-refractivity contribution in [2.24, 2.45) is 0 Å². The number of nitrogens with one attached hydrogen (secondary N) is 1. The van der Waals surface area contributed by atoms with Crippen molar-refractivity contribution in [1.82, 2.24) is 15.1 Å². The van der Waals surface area contributed by atoms with Crippen LogP contribution in [0.2, 0.25) is 5.02 Å². The lowest BCUT2D eigenvalue weighted by molar-refractivity contribution is 0.0772. The zero-order chi connectivity index (χ0) is 18.8. The Labute approximate surface area is 167 Å². The first-order chi connectivity index (χ1) is 13.1. The van der Waals surface area contributed by atoms with Crippen molar-refractivity contribution in [2.45, 2.75) is 13.3 Å². The SMILES string of the molecule is Cc1ccc(C(=O)N2CCCN(c3cc(-c4ccc(Cl)cc4)[nH]n3)CC2)s1. The monoisotopic (exact) mass is 400 g/mol. The molecule has 0 aliphatic carbocycles. The smallest absolute Gasteiger partial charge is 0.263 e. The van der Waals surface area contributed by atoms with Crippen LogP contribution in [-0.4, -0.2) is 47.2 Å². The highest BCUT2D eigenvalue weighted by molar-refractivity contribution is 7.13. The van der Waals surface area contributed by atoms with Gasteiger partial charge in [0.2, 0.25) is 0 Å². The van der Waals surface area contributed by atoms with Crippen LogP contribution in [0.1, 0.15) is 21.0 Å². The molecule has 0 bridgehead atoms. The van der Waals surface area contributed by atoms with Gasteiger partial charge in [0.1, 0.15) is 0 Å². The molecule has 0 saturated carbocycles. The lowest BCUT2D eigenvalue weighted by atomic mass is 10.1. The van der Waals surface area contributed by atoms with Crippen molar-refractivity contribution >= 4 is 34.7 Å². The molecule has 140 valence electrons. The second-order valence-corrected chi connectivity index (χ2v) is 8.41.